The molecule has 21 heavy (non-hydrogen) atoms. The summed E-state index contributed by atoms with van der Waals surface area (Å²) in [5.41, 5.74) is 7.93. The predicted molar refractivity (Wildman–Crippen MR) is 93.6 cm³/mol. The molecule has 3 rings (SSSR count). The molecular formula is C20H18Se. The fourth-order valence-corrected chi connectivity index (χ4v) is 3.36. The summed E-state index contributed by atoms with van der Waals surface area (Å²) in [4.78, 5) is 0. The van der Waals surface area contributed by atoms with E-state index in [9.17, 15) is 0 Å². The third kappa shape index (κ3) is 2.67. The molecule has 3 aromatic rings. The Labute approximate surface area is 134 Å². The zero-order valence-electron chi connectivity index (χ0n) is 12.3. The second-order valence-electron chi connectivity index (χ2n) is 5.30. The number of benzene rings is 3. The monoisotopic (exact) mass is 338 g/mol. The van der Waals surface area contributed by atoms with Gasteiger partial charge < -0.3 is 0 Å². The van der Waals surface area contributed by atoms with Crippen molar-refractivity contribution in [2.45, 2.75) is 13.8 Å². The van der Waals surface area contributed by atoms with Crippen molar-refractivity contribution in [3.05, 3.63) is 77.9 Å². The maximum absolute atomic E-state index is 2.71. The average Bonchev–Trinajstić information content (AvgIpc) is 2.53. The van der Waals surface area contributed by atoms with E-state index < -0.39 is 0 Å². The average molecular weight is 337 g/mol. The summed E-state index contributed by atoms with van der Waals surface area (Å²) in [5.74, 6) is 0. The molecule has 104 valence electrons. The van der Waals surface area contributed by atoms with Crippen LogP contribution in [0.2, 0.25) is 0 Å². The van der Waals surface area contributed by atoms with Gasteiger partial charge in [-0.15, -0.1) is 0 Å². The molecule has 0 atom stereocenters. The molecule has 0 radical (unpaired) electrons. The second kappa shape index (κ2) is 5.89. The van der Waals surface area contributed by atoms with Crippen molar-refractivity contribution in [2.24, 2.45) is 0 Å². The zero-order chi connectivity index (χ0) is 14.8. The molecule has 0 aliphatic heterocycles. The van der Waals surface area contributed by atoms with Crippen molar-refractivity contribution in [2.75, 3.05) is 0 Å². The molecule has 0 saturated carbocycles. The normalized spacial score (nSPS) is 10.6. The van der Waals surface area contributed by atoms with E-state index in [0.29, 0.717) is 0 Å². The Bertz CT molecular complexity index is 759. The van der Waals surface area contributed by atoms with Crippen LogP contribution in [-0.4, -0.2) is 16.0 Å². The molecule has 0 N–H and O–H groups in total. The van der Waals surface area contributed by atoms with Gasteiger partial charge in [-0.1, -0.05) is 0 Å². The van der Waals surface area contributed by atoms with Crippen molar-refractivity contribution in [1.29, 1.82) is 0 Å². The predicted octanol–water partition coefficient (Wildman–Crippen LogP) is 4.16. The minimum atomic E-state index is 1.28. The van der Waals surface area contributed by atoms with Gasteiger partial charge in [0.15, 0.2) is 0 Å². The van der Waals surface area contributed by atoms with E-state index >= 15 is 0 Å². The van der Waals surface area contributed by atoms with Crippen LogP contribution in [0.15, 0.2) is 66.7 Å². The van der Waals surface area contributed by atoms with E-state index in [-0.39, 0.29) is 0 Å². The first-order chi connectivity index (χ1) is 10.2. The summed E-state index contributed by atoms with van der Waals surface area (Å²) in [6, 6.07) is 23.6. The van der Waals surface area contributed by atoms with Crippen LogP contribution in [0.4, 0.5) is 0 Å². The Morgan fingerprint density at radius 2 is 1.19 bits per heavy atom. The van der Waals surface area contributed by atoms with Gasteiger partial charge in [0.1, 0.15) is 0 Å². The summed E-state index contributed by atoms with van der Waals surface area (Å²) in [7, 11) is 0. The van der Waals surface area contributed by atoms with E-state index in [0.717, 1.165) is 0 Å². The standard InChI is InChI=1S/C20H18Se/c1-14-18(16-9-5-3-6-10-16)13-19(21)15(2)20(14)17-11-7-4-8-12-17/h3-13,21H,1-2H3. The summed E-state index contributed by atoms with van der Waals surface area (Å²) in [5, 5.41) is 0. The van der Waals surface area contributed by atoms with Gasteiger partial charge in [-0.3, -0.25) is 0 Å². The molecule has 0 nitrogen and oxygen atoms in total. The van der Waals surface area contributed by atoms with E-state index in [1.807, 2.05) is 0 Å². The third-order valence-electron chi connectivity index (χ3n) is 3.97. The molecule has 0 amide bonds. The van der Waals surface area contributed by atoms with E-state index in [1.165, 1.54) is 37.8 Å². The summed E-state index contributed by atoms with van der Waals surface area (Å²) in [6.07, 6.45) is 0. The van der Waals surface area contributed by atoms with Crippen LogP contribution >= 0.6 is 0 Å². The van der Waals surface area contributed by atoms with E-state index in [1.54, 1.807) is 0 Å². The summed E-state index contributed by atoms with van der Waals surface area (Å²) in [6.45, 7) is 4.43. The minimum absolute atomic E-state index is 1.28. The fourth-order valence-electron chi connectivity index (χ4n) is 2.85. The van der Waals surface area contributed by atoms with E-state index in [4.69, 9.17) is 0 Å². The first-order valence-corrected chi connectivity index (χ1v) is 8.06. The van der Waals surface area contributed by atoms with Crippen LogP contribution in [0.1, 0.15) is 11.1 Å². The second-order valence-corrected chi connectivity index (χ2v) is 6.31. The Kier molecular flexibility index (Phi) is 3.96. The zero-order valence-corrected chi connectivity index (χ0v) is 14.2. The molecular weight excluding hydrogens is 319 g/mol. The molecule has 0 bridgehead atoms. The van der Waals surface area contributed by atoms with Crippen molar-refractivity contribution < 1.29 is 0 Å². The summed E-state index contributed by atoms with van der Waals surface area (Å²) >= 11 is 2.71. The van der Waals surface area contributed by atoms with Crippen molar-refractivity contribution >= 4 is 20.5 Å². The molecule has 0 aromatic heterocycles. The maximum atomic E-state index is 2.71. The van der Waals surface area contributed by atoms with Crippen LogP contribution in [0, 0.1) is 13.8 Å². The molecule has 0 aliphatic rings. The van der Waals surface area contributed by atoms with Gasteiger partial charge in [0.05, 0.1) is 0 Å². The quantitative estimate of drug-likeness (QED) is 0.616. The molecule has 0 heterocycles. The van der Waals surface area contributed by atoms with Gasteiger partial charge in [-0.2, -0.15) is 0 Å². The molecule has 0 aliphatic carbocycles. The summed E-state index contributed by atoms with van der Waals surface area (Å²) < 4.78 is 1.28. The van der Waals surface area contributed by atoms with Crippen molar-refractivity contribution in [3.63, 3.8) is 0 Å². The van der Waals surface area contributed by atoms with Gasteiger partial charge >= 0.3 is 134 Å². The Morgan fingerprint density at radius 3 is 1.76 bits per heavy atom. The molecule has 3 aromatic carbocycles. The topological polar surface area (TPSA) is 0 Å². The van der Waals surface area contributed by atoms with Crippen LogP contribution in [-0.2, 0) is 0 Å². The number of hydrogen-bond acceptors (Lipinski definition) is 0. The van der Waals surface area contributed by atoms with Crippen molar-refractivity contribution in [3.8, 4) is 22.3 Å². The molecule has 1 heteroatoms. The van der Waals surface area contributed by atoms with Gasteiger partial charge in [0, 0.05) is 0 Å². The first-order valence-electron chi connectivity index (χ1n) is 7.12. The molecule has 0 spiro atoms. The Balaban J connectivity index is 2.29. The SMILES string of the molecule is Cc1c([SeH])cc(-c2ccccc2)c(C)c1-c1ccccc1. The van der Waals surface area contributed by atoms with Crippen LogP contribution < -0.4 is 4.46 Å². The van der Waals surface area contributed by atoms with E-state index in [2.05, 4.69) is 96.6 Å². The fraction of sp³-hybridized carbons (Fsp3) is 0.100. The Hall–Kier alpha value is -1.82. The molecule has 0 saturated heterocycles. The van der Waals surface area contributed by atoms with Gasteiger partial charge in [0.25, 0.3) is 0 Å². The number of hydrogen-bond donors (Lipinski definition) is 0. The molecule has 0 unspecified atom stereocenters. The first kappa shape index (κ1) is 14.1. The Morgan fingerprint density at radius 1 is 0.667 bits per heavy atom. The molecule has 0 fully saturated rings. The van der Waals surface area contributed by atoms with Crippen LogP contribution in [0.5, 0.6) is 0 Å². The van der Waals surface area contributed by atoms with Crippen molar-refractivity contribution in [1.82, 2.24) is 0 Å². The van der Waals surface area contributed by atoms with Gasteiger partial charge in [0.2, 0.25) is 0 Å². The van der Waals surface area contributed by atoms with Gasteiger partial charge in [-0.05, 0) is 0 Å². The van der Waals surface area contributed by atoms with Gasteiger partial charge in [-0.25, -0.2) is 0 Å². The van der Waals surface area contributed by atoms with Crippen LogP contribution in [0.3, 0.4) is 0 Å². The van der Waals surface area contributed by atoms with Crippen LogP contribution in [0.25, 0.3) is 22.3 Å². The number of rotatable bonds is 2. The third-order valence-corrected chi connectivity index (χ3v) is 4.94.